The highest BCUT2D eigenvalue weighted by molar-refractivity contribution is 5.90. The zero-order valence-electron chi connectivity index (χ0n) is 15.3. The van der Waals surface area contributed by atoms with E-state index in [-0.39, 0.29) is 18.0 Å². The first kappa shape index (κ1) is 17.5. The van der Waals surface area contributed by atoms with E-state index in [0.717, 1.165) is 49.2 Å². The molecule has 134 valence electrons. The van der Waals surface area contributed by atoms with Crippen LogP contribution in [0.4, 0.5) is 10.5 Å². The van der Waals surface area contributed by atoms with Crippen molar-refractivity contribution >= 4 is 11.7 Å². The number of likely N-dealkylation sites (tertiary alicyclic amines) is 1. The Morgan fingerprint density at radius 3 is 2.72 bits per heavy atom. The maximum atomic E-state index is 13.1. The Morgan fingerprint density at radius 2 is 2.00 bits per heavy atom. The predicted molar refractivity (Wildman–Crippen MR) is 98.5 cm³/mol. The molecule has 1 saturated heterocycles. The lowest BCUT2D eigenvalue weighted by Gasteiger charge is -2.30. The van der Waals surface area contributed by atoms with Gasteiger partial charge in [0.1, 0.15) is 0 Å². The molecule has 0 spiro atoms. The van der Waals surface area contributed by atoms with Crippen molar-refractivity contribution in [3.05, 3.63) is 42.0 Å². The van der Waals surface area contributed by atoms with Crippen LogP contribution in [0.5, 0.6) is 0 Å². The highest BCUT2D eigenvalue weighted by Crippen LogP contribution is 2.31. The van der Waals surface area contributed by atoms with Crippen molar-refractivity contribution in [1.29, 1.82) is 0 Å². The van der Waals surface area contributed by atoms with E-state index >= 15 is 0 Å². The molecule has 0 aliphatic carbocycles. The number of anilines is 1. The summed E-state index contributed by atoms with van der Waals surface area (Å²) >= 11 is 0. The van der Waals surface area contributed by atoms with Crippen LogP contribution in [-0.2, 0) is 7.05 Å². The van der Waals surface area contributed by atoms with Gasteiger partial charge in [-0.2, -0.15) is 5.10 Å². The first-order chi connectivity index (χ1) is 12.1. The summed E-state index contributed by atoms with van der Waals surface area (Å²) in [5, 5.41) is 7.58. The first-order valence-electron chi connectivity index (χ1n) is 9.07. The van der Waals surface area contributed by atoms with Crippen molar-refractivity contribution in [3.8, 4) is 0 Å². The molecule has 1 aliphatic rings. The molecule has 2 aromatic heterocycles. The molecule has 0 bridgehead atoms. The molecule has 0 unspecified atom stereocenters. The lowest BCUT2D eigenvalue weighted by atomic mass is 10.0. The maximum absolute atomic E-state index is 13.1. The highest BCUT2D eigenvalue weighted by atomic mass is 16.2. The normalized spacial score (nSPS) is 18.2. The van der Waals surface area contributed by atoms with Crippen molar-refractivity contribution in [2.24, 2.45) is 7.05 Å². The Labute approximate surface area is 149 Å². The molecule has 2 amide bonds. The third-order valence-electron chi connectivity index (χ3n) is 4.75. The number of nitrogens with zero attached hydrogens (tertiary/aromatic N) is 4. The topological polar surface area (TPSA) is 63.1 Å². The molecule has 3 rings (SSSR count). The second kappa shape index (κ2) is 7.68. The van der Waals surface area contributed by atoms with Crippen LogP contribution in [-0.4, -0.2) is 32.2 Å². The molecule has 6 nitrogen and oxygen atoms in total. The van der Waals surface area contributed by atoms with Crippen molar-refractivity contribution in [2.75, 3.05) is 11.9 Å². The lowest BCUT2D eigenvalue weighted by molar-refractivity contribution is 0.189. The summed E-state index contributed by atoms with van der Waals surface area (Å²) in [6.07, 6.45) is 9.81. The Bertz CT molecular complexity index is 710. The number of aryl methyl sites for hydroxylation is 1. The van der Waals surface area contributed by atoms with E-state index in [1.54, 1.807) is 17.1 Å². The summed E-state index contributed by atoms with van der Waals surface area (Å²) in [5.41, 5.74) is 2.88. The Balaban J connectivity index is 1.83. The number of carbonyl (C=O) groups excluding carboxylic acids is 1. The molecule has 6 heteroatoms. The lowest BCUT2D eigenvalue weighted by Crippen LogP contribution is -2.38. The van der Waals surface area contributed by atoms with Gasteiger partial charge in [0.05, 0.1) is 17.4 Å². The van der Waals surface area contributed by atoms with Crippen molar-refractivity contribution in [3.63, 3.8) is 0 Å². The van der Waals surface area contributed by atoms with Crippen molar-refractivity contribution in [2.45, 2.75) is 51.5 Å². The van der Waals surface area contributed by atoms with Gasteiger partial charge in [0.15, 0.2) is 0 Å². The number of carbonyl (C=O) groups is 1. The molecule has 0 saturated carbocycles. The van der Waals surface area contributed by atoms with Crippen LogP contribution in [0.3, 0.4) is 0 Å². The third kappa shape index (κ3) is 4.00. The second-order valence-electron chi connectivity index (χ2n) is 7.03. The van der Waals surface area contributed by atoms with E-state index in [9.17, 15) is 4.79 Å². The number of hydrogen-bond donors (Lipinski definition) is 1. The number of nitrogens with one attached hydrogen (secondary N) is 1. The van der Waals surface area contributed by atoms with Crippen LogP contribution < -0.4 is 5.32 Å². The summed E-state index contributed by atoms with van der Waals surface area (Å²) < 4.78 is 1.76. The minimum Gasteiger partial charge on any atom is -0.317 e. The summed E-state index contributed by atoms with van der Waals surface area (Å²) in [5.74, 6) is 0.261. The van der Waals surface area contributed by atoms with Crippen LogP contribution >= 0.6 is 0 Å². The van der Waals surface area contributed by atoms with E-state index in [1.807, 2.05) is 30.3 Å². The maximum Gasteiger partial charge on any atom is 0.322 e. The van der Waals surface area contributed by atoms with E-state index in [0.29, 0.717) is 0 Å². The average molecular weight is 341 g/mol. The largest absolute Gasteiger partial charge is 0.322 e. The first-order valence-corrected chi connectivity index (χ1v) is 9.07. The zero-order chi connectivity index (χ0) is 17.8. The number of urea groups is 1. The smallest absolute Gasteiger partial charge is 0.317 e. The number of pyridine rings is 1. The van der Waals surface area contributed by atoms with E-state index in [2.05, 4.69) is 29.2 Å². The Morgan fingerprint density at radius 1 is 1.24 bits per heavy atom. The van der Waals surface area contributed by atoms with Gasteiger partial charge in [0, 0.05) is 32.2 Å². The van der Waals surface area contributed by atoms with Gasteiger partial charge in [0.25, 0.3) is 0 Å². The number of amides is 2. The molecule has 1 N–H and O–H groups in total. The van der Waals surface area contributed by atoms with Gasteiger partial charge in [-0.05, 0) is 36.5 Å². The van der Waals surface area contributed by atoms with Gasteiger partial charge in [-0.25, -0.2) is 4.79 Å². The predicted octanol–water partition coefficient (Wildman–Crippen LogP) is 4.09. The fraction of sp³-hybridized carbons (Fsp3) is 0.526. The minimum absolute atomic E-state index is 0.0430. The average Bonchev–Trinajstić information content (AvgIpc) is 2.82. The van der Waals surface area contributed by atoms with Gasteiger partial charge >= 0.3 is 6.03 Å². The van der Waals surface area contributed by atoms with E-state index < -0.39 is 0 Å². The van der Waals surface area contributed by atoms with Gasteiger partial charge in [-0.3, -0.25) is 9.67 Å². The van der Waals surface area contributed by atoms with E-state index in [4.69, 9.17) is 0 Å². The third-order valence-corrected chi connectivity index (χ3v) is 4.75. The molecule has 1 aliphatic heterocycles. The fourth-order valence-corrected chi connectivity index (χ4v) is 3.50. The Hall–Kier alpha value is -2.37. The van der Waals surface area contributed by atoms with Gasteiger partial charge in [0.2, 0.25) is 0 Å². The summed E-state index contributed by atoms with van der Waals surface area (Å²) in [7, 11) is 1.88. The molecule has 2 aromatic rings. The minimum atomic E-state index is -0.0430. The van der Waals surface area contributed by atoms with Crippen LogP contribution in [0.25, 0.3) is 0 Å². The van der Waals surface area contributed by atoms with Gasteiger partial charge < -0.3 is 10.2 Å². The number of hydrogen-bond acceptors (Lipinski definition) is 3. The quantitative estimate of drug-likeness (QED) is 0.914. The SMILES string of the molecule is CC(C)c1nn(C)cc1NC(=O)N1CCCCC[C@H]1c1ccncc1. The van der Waals surface area contributed by atoms with Gasteiger partial charge in [-0.1, -0.05) is 26.7 Å². The van der Waals surface area contributed by atoms with Crippen LogP contribution in [0.1, 0.15) is 62.7 Å². The Kier molecular flexibility index (Phi) is 5.36. The molecule has 0 aromatic carbocycles. The van der Waals surface area contributed by atoms with Gasteiger partial charge in [-0.15, -0.1) is 0 Å². The molecular formula is C19H27N5O. The standard InChI is InChI=1S/C19H27N5O/c1-14(2)18-16(13-23(3)22-18)21-19(25)24-12-6-4-5-7-17(24)15-8-10-20-11-9-15/h8-11,13-14,17H,4-7,12H2,1-3H3,(H,21,25)/t17-/m0/s1. The summed E-state index contributed by atoms with van der Waals surface area (Å²) in [6.45, 7) is 4.95. The molecule has 0 radical (unpaired) electrons. The van der Waals surface area contributed by atoms with Crippen LogP contribution in [0, 0.1) is 0 Å². The van der Waals surface area contributed by atoms with Crippen LogP contribution in [0.15, 0.2) is 30.7 Å². The second-order valence-corrected chi connectivity index (χ2v) is 7.03. The highest BCUT2D eigenvalue weighted by Gasteiger charge is 2.27. The van der Waals surface area contributed by atoms with E-state index in [1.165, 1.54) is 0 Å². The monoisotopic (exact) mass is 341 g/mol. The molecule has 3 heterocycles. The van der Waals surface area contributed by atoms with Crippen LogP contribution in [0.2, 0.25) is 0 Å². The number of rotatable bonds is 3. The molecule has 1 fully saturated rings. The summed E-state index contributed by atoms with van der Waals surface area (Å²) in [6, 6.07) is 4.09. The zero-order valence-corrected chi connectivity index (χ0v) is 15.3. The summed E-state index contributed by atoms with van der Waals surface area (Å²) in [4.78, 5) is 19.1. The fourth-order valence-electron chi connectivity index (χ4n) is 3.50. The molecule has 1 atom stereocenters. The van der Waals surface area contributed by atoms with Crippen molar-refractivity contribution < 1.29 is 4.79 Å². The molecular weight excluding hydrogens is 314 g/mol. The van der Waals surface area contributed by atoms with Crippen molar-refractivity contribution in [1.82, 2.24) is 19.7 Å². The molecule has 25 heavy (non-hydrogen) atoms. The number of aromatic nitrogens is 3.